The van der Waals surface area contributed by atoms with Gasteiger partial charge in [0.25, 0.3) is 0 Å². The zero-order valence-electron chi connectivity index (χ0n) is 19.0. The minimum absolute atomic E-state index is 0.286. The van der Waals surface area contributed by atoms with E-state index in [1.165, 1.54) is 6.07 Å². The van der Waals surface area contributed by atoms with Crippen molar-refractivity contribution in [3.05, 3.63) is 65.2 Å². The summed E-state index contributed by atoms with van der Waals surface area (Å²) < 4.78 is 33.8. The van der Waals surface area contributed by atoms with E-state index in [-0.39, 0.29) is 17.5 Å². The molecule has 35 heavy (non-hydrogen) atoms. The lowest BCUT2D eigenvalue weighted by molar-refractivity contribution is 0.221. The molecule has 8 nitrogen and oxygen atoms in total. The Morgan fingerprint density at radius 2 is 1.60 bits per heavy atom. The Balaban J connectivity index is 1.12. The van der Waals surface area contributed by atoms with Gasteiger partial charge in [-0.25, -0.2) is 28.7 Å². The number of nitrogens with two attached hydrogens (primary N) is 1. The first-order valence-corrected chi connectivity index (χ1v) is 12.0. The summed E-state index contributed by atoms with van der Waals surface area (Å²) in [6.45, 7) is 3.16. The number of aromatic nitrogens is 4. The highest BCUT2D eigenvalue weighted by molar-refractivity contribution is 6.30. The van der Waals surface area contributed by atoms with Crippen molar-refractivity contribution in [1.82, 2.24) is 19.9 Å². The topological polar surface area (TPSA) is 93.3 Å². The first-order valence-electron chi connectivity index (χ1n) is 11.6. The number of benzene rings is 1. The SMILES string of the molecule is NC1CN(c2ncc(OCC3CCN(c4ncc(Cl)cn4)CC3)cn2)CC1c1cc(F)ccc1F. The molecule has 3 aromatic rings. The third kappa shape index (κ3) is 5.43. The van der Waals surface area contributed by atoms with Gasteiger partial charge in [0.15, 0.2) is 5.75 Å². The molecule has 2 aliphatic heterocycles. The molecule has 2 aromatic heterocycles. The summed E-state index contributed by atoms with van der Waals surface area (Å²) in [7, 11) is 0. The van der Waals surface area contributed by atoms with Crippen molar-refractivity contribution in [2.24, 2.45) is 11.7 Å². The van der Waals surface area contributed by atoms with Crippen molar-refractivity contribution in [2.45, 2.75) is 24.8 Å². The van der Waals surface area contributed by atoms with E-state index < -0.39 is 11.6 Å². The monoisotopic (exact) mass is 501 g/mol. The van der Waals surface area contributed by atoms with Gasteiger partial charge in [0.1, 0.15) is 11.6 Å². The van der Waals surface area contributed by atoms with Crippen LogP contribution in [0.5, 0.6) is 5.75 Å². The predicted octanol–water partition coefficient (Wildman–Crippen LogP) is 3.42. The Hall–Kier alpha value is -3.11. The van der Waals surface area contributed by atoms with Crippen LogP contribution in [0.1, 0.15) is 24.3 Å². The van der Waals surface area contributed by atoms with Gasteiger partial charge >= 0.3 is 0 Å². The van der Waals surface area contributed by atoms with Gasteiger partial charge in [0.05, 0.1) is 36.4 Å². The van der Waals surface area contributed by atoms with Crippen LogP contribution in [0.25, 0.3) is 0 Å². The van der Waals surface area contributed by atoms with Gasteiger partial charge in [0, 0.05) is 38.1 Å². The lowest BCUT2D eigenvalue weighted by Crippen LogP contribution is -2.36. The van der Waals surface area contributed by atoms with E-state index in [9.17, 15) is 8.78 Å². The zero-order valence-corrected chi connectivity index (χ0v) is 19.8. The number of hydrogen-bond donors (Lipinski definition) is 1. The fourth-order valence-electron chi connectivity index (χ4n) is 4.65. The van der Waals surface area contributed by atoms with E-state index in [1.807, 2.05) is 4.90 Å². The highest BCUT2D eigenvalue weighted by atomic mass is 35.5. The summed E-state index contributed by atoms with van der Waals surface area (Å²) in [5.74, 6) is 0.920. The maximum Gasteiger partial charge on any atom is 0.225 e. The van der Waals surface area contributed by atoms with Crippen LogP contribution in [-0.2, 0) is 0 Å². The largest absolute Gasteiger partial charge is 0.490 e. The molecule has 2 fully saturated rings. The third-order valence-electron chi connectivity index (χ3n) is 6.61. The maximum atomic E-state index is 14.2. The van der Waals surface area contributed by atoms with Crippen molar-refractivity contribution in [3.8, 4) is 5.75 Å². The number of hydrogen-bond acceptors (Lipinski definition) is 8. The summed E-state index contributed by atoms with van der Waals surface area (Å²) >= 11 is 5.86. The van der Waals surface area contributed by atoms with Gasteiger partial charge < -0.3 is 20.3 Å². The van der Waals surface area contributed by atoms with Crippen molar-refractivity contribution < 1.29 is 13.5 Å². The van der Waals surface area contributed by atoms with Crippen molar-refractivity contribution in [3.63, 3.8) is 0 Å². The van der Waals surface area contributed by atoms with Crippen LogP contribution in [0.4, 0.5) is 20.7 Å². The van der Waals surface area contributed by atoms with E-state index in [2.05, 4.69) is 24.8 Å². The smallest absolute Gasteiger partial charge is 0.225 e. The second kappa shape index (κ2) is 10.2. The molecule has 0 spiro atoms. The maximum absolute atomic E-state index is 14.2. The molecular formula is C24H26ClF2N7O. The van der Waals surface area contributed by atoms with Crippen LogP contribution in [0.3, 0.4) is 0 Å². The highest BCUT2D eigenvalue weighted by Crippen LogP contribution is 2.31. The van der Waals surface area contributed by atoms with Gasteiger partial charge in [-0.15, -0.1) is 0 Å². The molecule has 2 saturated heterocycles. The minimum Gasteiger partial charge on any atom is -0.490 e. The molecule has 2 unspecified atom stereocenters. The van der Waals surface area contributed by atoms with Crippen LogP contribution in [0.2, 0.25) is 5.02 Å². The molecule has 1 aromatic carbocycles. The lowest BCUT2D eigenvalue weighted by atomic mass is 9.94. The highest BCUT2D eigenvalue weighted by Gasteiger charge is 2.34. The van der Waals surface area contributed by atoms with Crippen LogP contribution in [-0.4, -0.2) is 58.8 Å². The second-order valence-electron chi connectivity index (χ2n) is 9.00. The lowest BCUT2D eigenvalue weighted by Gasteiger charge is -2.31. The third-order valence-corrected chi connectivity index (χ3v) is 6.80. The summed E-state index contributed by atoms with van der Waals surface area (Å²) in [6.07, 6.45) is 8.43. The molecule has 0 radical (unpaired) electrons. The molecular weight excluding hydrogens is 476 g/mol. The van der Waals surface area contributed by atoms with E-state index in [0.717, 1.165) is 38.1 Å². The van der Waals surface area contributed by atoms with Gasteiger partial charge in [0.2, 0.25) is 11.9 Å². The standard InChI is InChI=1S/C24H26ClF2N7O/c25-16-8-29-23(30-9-16)33-5-3-15(4-6-33)14-35-18-10-31-24(32-11-18)34-12-20(22(28)13-34)19-7-17(26)1-2-21(19)27/h1-2,7-11,15,20,22H,3-6,12-14,28H2. The van der Waals surface area contributed by atoms with Gasteiger partial charge in [-0.3, -0.25) is 0 Å². The Morgan fingerprint density at radius 1 is 0.943 bits per heavy atom. The number of halogens is 3. The fourth-order valence-corrected chi connectivity index (χ4v) is 4.75. The Bertz CT molecular complexity index is 1140. The van der Waals surface area contributed by atoms with E-state index in [0.29, 0.717) is 48.3 Å². The second-order valence-corrected chi connectivity index (χ2v) is 9.44. The Labute approximate surface area is 207 Å². The first kappa shape index (κ1) is 23.6. The molecule has 0 bridgehead atoms. The van der Waals surface area contributed by atoms with Gasteiger partial charge in [-0.05, 0) is 42.5 Å². The number of anilines is 2. The molecule has 0 amide bonds. The molecule has 4 heterocycles. The predicted molar refractivity (Wildman–Crippen MR) is 129 cm³/mol. The van der Waals surface area contributed by atoms with Crippen LogP contribution in [0, 0.1) is 17.6 Å². The van der Waals surface area contributed by atoms with Crippen molar-refractivity contribution >= 4 is 23.5 Å². The number of ether oxygens (including phenoxy) is 1. The van der Waals surface area contributed by atoms with Crippen molar-refractivity contribution in [2.75, 3.05) is 42.6 Å². The Kier molecular flexibility index (Phi) is 6.92. The summed E-state index contributed by atoms with van der Waals surface area (Å²) in [5, 5.41) is 0.526. The molecule has 11 heteroatoms. The van der Waals surface area contributed by atoms with E-state index in [4.69, 9.17) is 22.1 Å². The molecule has 2 aliphatic rings. The van der Waals surface area contributed by atoms with Gasteiger partial charge in [-0.1, -0.05) is 11.6 Å². The molecule has 2 N–H and O–H groups in total. The summed E-state index contributed by atoms with van der Waals surface area (Å²) in [6, 6.07) is 3.11. The molecule has 184 valence electrons. The summed E-state index contributed by atoms with van der Waals surface area (Å²) in [4.78, 5) is 21.4. The van der Waals surface area contributed by atoms with Crippen molar-refractivity contribution in [1.29, 1.82) is 0 Å². The number of rotatable bonds is 6. The average molecular weight is 502 g/mol. The normalized spacial score (nSPS) is 20.9. The molecule has 5 rings (SSSR count). The first-order chi connectivity index (χ1) is 17.0. The number of nitrogens with zero attached hydrogens (tertiary/aromatic N) is 6. The van der Waals surface area contributed by atoms with Crippen LogP contribution < -0.4 is 20.3 Å². The summed E-state index contributed by atoms with van der Waals surface area (Å²) in [5.41, 5.74) is 6.53. The van der Waals surface area contributed by atoms with Crippen LogP contribution >= 0.6 is 11.6 Å². The minimum atomic E-state index is -0.478. The molecule has 0 aliphatic carbocycles. The Morgan fingerprint density at radius 3 is 2.31 bits per heavy atom. The number of piperidine rings is 1. The molecule has 2 atom stereocenters. The van der Waals surface area contributed by atoms with Gasteiger partial charge in [-0.2, -0.15) is 0 Å². The quantitative estimate of drug-likeness (QED) is 0.549. The average Bonchev–Trinajstić information content (AvgIpc) is 3.26. The van der Waals surface area contributed by atoms with Crippen LogP contribution in [0.15, 0.2) is 43.0 Å². The van der Waals surface area contributed by atoms with E-state index >= 15 is 0 Å². The fraction of sp³-hybridized carbons (Fsp3) is 0.417. The zero-order chi connectivity index (χ0) is 24.4. The molecule has 0 saturated carbocycles. The van der Waals surface area contributed by atoms with E-state index in [1.54, 1.807) is 24.8 Å².